The summed E-state index contributed by atoms with van der Waals surface area (Å²) in [6.45, 7) is 3.32. The number of aromatic nitrogens is 2. The molecule has 1 saturated heterocycles. The number of ether oxygens (including phenoxy) is 1. The summed E-state index contributed by atoms with van der Waals surface area (Å²) in [4.78, 5) is 21.0. The molecule has 1 N–H and O–H groups in total. The quantitative estimate of drug-likeness (QED) is 0.855. The van der Waals surface area contributed by atoms with Crippen LogP contribution >= 0.6 is 0 Å². The fourth-order valence-corrected chi connectivity index (χ4v) is 2.06. The average Bonchev–Trinajstić information content (AvgIpc) is 2.37. The van der Waals surface area contributed by atoms with Crippen molar-refractivity contribution in [1.29, 1.82) is 0 Å². The van der Waals surface area contributed by atoms with E-state index in [0.29, 0.717) is 0 Å². The Balaban J connectivity index is 1.85. The molecule has 0 atom stereocenters. The normalized spacial score (nSPS) is 16.8. The smallest absolute Gasteiger partial charge is 0.329 e. The van der Waals surface area contributed by atoms with Gasteiger partial charge in [-0.25, -0.2) is 14.8 Å². The third kappa shape index (κ3) is 3.40. The molecule has 0 amide bonds. The molecule has 1 aromatic heterocycles. The van der Waals surface area contributed by atoms with Crippen LogP contribution in [-0.2, 0) is 9.53 Å². The van der Waals surface area contributed by atoms with Crippen LogP contribution in [0.1, 0.15) is 18.7 Å². The fourth-order valence-electron chi connectivity index (χ4n) is 2.06. The average molecular weight is 251 g/mol. The molecule has 1 fully saturated rings. The van der Waals surface area contributed by atoms with Crippen molar-refractivity contribution in [3.05, 3.63) is 18.1 Å². The van der Waals surface area contributed by atoms with Gasteiger partial charge < -0.3 is 14.7 Å². The van der Waals surface area contributed by atoms with E-state index in [2.05, 4.69) is 14.9 Å². The number of carbonyl (C=O) groups is 1. The van der Waals surface area contributed by atoms with Crippen LogP contribution in [0.25, 0.3) is 0 Å². The Labute approximate surface area is 106 Å². The Bertz CT molecular complexity index is 417. The van der Waals surface area contributed by atoms with Crippen molar-refractivity contribution in [1.82, 2.24) is 9.97 Å². The first-order chi connectivity index (χ1) is 8.65. The first-order valence-electron chi connectivity index (χ1n) is 6.03. The van der Waals surface area contributed by atoms with Gasteiger partial charge in [0.15, 0.2) is 0 Å². The second-order valence-corrected chi connectivity index (χ2v) is 4.35. The molecule has 1 aliphatic heterocycles. The Morgan fingerprint density at radius 1 is 1.56 bits per heavy atom. The summed E-state index contributed by atoms with van der Waals surface area (Å²) >= 11 is 0. The summed E-state index contributed by atoms with van der Waals surface area (Å²) in [5.74, 6) is 0.778. The third-order valence-corrected chi connectivity index (χ3v) is 2.97. The first-order valence-corrected chi connectivity index (χ1v) is 6.03. The number of carboxylic acid groups (broad SMARTS) is 1. The van der Waals surface area contributed by atoms with Crippen LogP contribution in [0, 0.1) is 6.92 Å². The second-order valence-electron chi connectivity index (χ2n) is 4.35. The molecule has 0 unspecified atom stereocenters. The van der Waals surface area contributed by atoms with Crippen LogP contribution in [0.5, 0.6) is 0 Å². The number of nitrogens with zero attached hydrogens (tertiary/aromatic N) is 3. The fraction of sp³-hybridized carbons (Fsp3) is 0.583. The van der Waals surface area contributed by atoms with E-state index in [4.69, 9.17) is 9.84 Å². The lowest BCUT2D eigenvalue weighted by atomic mass is 10.1. The number of anilines is 1. The van der Waals surface area contributed by atoms with Gasteiger partial charge in [-0.3, -0.25) is 0 Å². The SMILES string of the molecule is Cc1nccc(N2CCC(OCC(=O)O)CC2)n1. The molecule has 6 heteroatoms. The molecule has 18 heavy (non-hydrogen) atoms. The van der Waals surface area contributed by atoms with Crippen LogP contribution in [0.3, 0.4) is 0 Å². The van der Waals surface area contributed by atoms with Gasteiger partial charge in [-0.1, -0.05) is 0 Å². The second kappa shape index (κ2) is 5.77. The summed E-state index contributed by atoms with van der Waals surface area (Å²) in [6, 6.07) is 1.89. The van der Waals surface area contributed by atoms with Crippen LogP contribution in [0.4, 0.5) is 5.82 Å². The number of piperidine rings is 1. The van der Waals surface area contributed by atoms with Crippen molar-refractivity contribution in [3.63, 3.8) is 0 Å². The zero-order valence-corrected chi connectivity index (χ0v) is 10.4. The van der Waals surface area contributed by atoms with Gasteiger partial charge in [0, 0.05) is 19.3 Å². The van der Waals surface area contributed by atoms with E-state index in [9.17, 15) is 4.79 Å². The van der Waals surface area contributed by atoms with E-state index in [0.717, 1.165) is 37.6 Å². The zero-order chi connectivity index (χ0) is 13.0. The lowest BCUT2D eigenvalue weighted by Crippen LogP contribution is -2.38. The van der Waals surface area contributed by atoms with Crippen molar-refractivity contribution < 1.29 is 14.6 Å². The number of hydrogen-bond donors (Lipinski definition) is 1. The Kier molecular flexibility index (Phi) is 4.09. The summed E-state index contributed by atoms with van der Waals surface area (Å²) < 4.78 is 5.29. The largest absolute Gasteiger partial charge is 0.480 e. The number of aryl methyl sites for hydroxylation is 1. The minimum Gasteiger partial charge on any atom is -0.480 e. The van der Waals surface area contributed by atoms with Crippen LogP contribution in [-0.4, -0.2) is 46.8 Å². The van der Waals surface area contributed by atoms with E-state index in [1.54, 1.807) is 6.20 Å². The molecule has 2 heterocycles. The predicted molar refractivity (Wildman–Crippen MR) is 65.6 cm³/mol. The predicted octanol–water partition coefficient (Wildman–Crippen LogP) is 0.855. The summed E-state index contributed by atoms with van der Waals surface area (Å²) in [5.41, 5.74) is 0. The highest BCUT2D eigenvalue weighted by molar-refractivity contribution is 5.68. The molecule has 0 radical (unpaired) electrons. The lowest BCUT2D eigenvalue weighted by Gasteiger charge is -2.32. The molecule has 1 aliphatic rings. The Hall–Kier alpha value is -1.69. The van der Waals surface area contributed by atoms with Gasteiger partial charge in [0.05, 0.1) is 6.10 Å². The number of hydrogen-bond acceptors (Lipinski definition) is 5. The van der Waals surface area contributed by atoms with Crippen LogP contribution in [0.2, 0.25) is 0 Å². The summed E-state index contributed by atoms with van der Waals surface area (Å²) in [6.07, 6.45) is 3.46. The molecule has 0 aliphatic carbocycles. The van der Waals surface area contributed by atoms with Crippen molar-refractivity contribution in [2.75, 3.05) is 24.6 Å². The highest BCUT2D eigenvalue weighted by atomic mass is 16.5. The molecule has 0 bridgehead atoms. The van der Waals surface area contributed by atoms with Gasteiger partial charge in [-0.05, 0) is 25.8 Å². The lowest BCUT2D eigenvalue weighted by molar-refractivity contribution is -0.144. The van der Waals surface area contributed by atoms with Gasteiger partial charge in [0.2, 0.25) is 0 Å². The van der Waals surface area contributed by atoms with Crippen LogP contribution in [0.15, 0.2) is 12.3 Å². The highest BCUT2D eigenvalue weighted by Crippen LogP contribution is 2.19. The minimum atomic E-state index is -0.913. The van der Waals surface area contributed by atoms with E-state index < -0.39 is 5.97 Å². The molecule has 0 saturated carbocycles. The number of rotatable bonds is 4. The maximum atomic E-state index is 10.4. The van der Waals surface area contributed by atoms with Gasteiger partial charge in [0.25, 0.3) is 0 Å². The number of carboxylic acids is 1. The van der Waals surface area contributed by atoms with E-state index >= 15 is 0 Å². The standard InChI is InChI=1S/C12H17N3O3/c1-9-13-5-2-11(14-9)15-6-3-10(4-7-15)18-8-12(16)17/h2,5,10H,3-4,6-8H2,1H3,(H,16,17). The molecular formula is C12H17N3O3. The topological polar surface area (TPSA) is 75.6 Å². The van der Waals surface area contributed by atoms with E-state index in [1.165, 1.54) is 0 Å². The summed E-state index contributed by atoms with van der Waals surface area (Å²) in [5, 5.41) is 8.55. The van der Waals surface area contributed by atoms with E-state index in [-0.39, 0.29) is 12.7 Å². The third-order valence-electron chi connectivity index (χ3n) is 2.97. The zero-order valence-electron chi connectivity index (χ0n) is 10.4. The molecule has 2 rings (SSSR count). The van der Waals surface area contributed by atoms with E-state index in [1.807, 2.05) is 13.0 Å². The Morgan fingerprint density at radius 3 is 2.89 bits per heavy atom. The summed E-state index contributed by atoms with van der Waals surface area (Å²) in [7, 11) is 0. The molecular weight excluding hydrogens is 234 g/mol. The first kappa shape index (κ1) is 12.8. The molecule has 98 valence electrons. The maximum Gasteiger partial charge on any atom is 0.329 e. The van der Waals surface area contributed by atoms with Gasteiger partial charge in [0.1, 0.15) is 18.2 Å². The van der Waals surface area contributed by atoms with Crippen molar-refractivity contribution in [2.45, 2.75) is 25.9 Å². The Morgan fingerprint density at radius 2 is 2.28 bits per heavy atom. The van der Waals surface area contributed by atoms with Crippen molar-refractivity contribution in [3.8, 4) is 0 Å². The molecule has 6 nitrogen and oxygen atoms in total. The number of aliphatic carboxylic acids is 1. The molecule has 1 aromatic rings. The minimum absolute atomic E-state index is 0.0419. The van der Waals surface area contributed by atoms with Crippen molar-refractivity contribution >= 4 is 11.8 Å². The van der Waals surface area contributed by atoms with Crippen molar-refractivity contribution in [2.24, 2.45) is 0 Å². The maximum absolute atomic E-state index is 10.4. The highest BCUT2D eigenvalue weighted by Gasteiger charge is 2.21. The van der Waals surface area contributed by atoms with Gasteiger partial charge in [-0.15, -0.1) is 0 Å². The van der Waals surface area contributed by atoms with Gasteiger partial charge in [-0.2, -0.15) is 0 Å². The van der Waals surface area contributed by atoms with Crippen LogP contribution < -0.4 is 4.90 Å². The molecule has 0 spiro atoms. The monoisotopic (exact) mass is 251 g/mol. The van der Waals surface area contributed by atoms with Gasteiger partial charge >= 0.3 is 5.97 Å². The molecule has 0 aromatic carbocycles.